The molecule has 2 heteroatoms. The summed E-state index contributed by atoms with van der Waals surface area (Å²) >= 11 is 12.5. The molecule has 84 valence electrons. The number of benzene rings is 3. The van der Waals surface area contributed by atoms with E-state index >= 15 is 0 Å². The van der Waals surface area contributed by atoms with E-state index < -0.39 is 0 Å². The van der Waals surface area contributed by atoms with Gasteiger partial charge in [0.25, 0.3) is 0 Å². The predicted octanol–water partition coefficient (Wildman–Crippen LogP) is 5.61. The van der Waals surface area contributed by atoms with Crippen molar-refractivity contribution in [3.05, 3.63) is 58.1 Å². The molecule has 0 aromatic heterocycles. The van der Waals surface area contributed by atoms with E-state index in [1.807, 2.05) is 24.3 Å². The van der Waals surface area contributed by atoms with Crippen molar-refractivity contribution in [2.45, 2.75) is 6.92 Å². The zero-order valence-corrected chi connectivity index (χ0v) is 10.8. The highest BCUT2D eigenvalue weighted by atomic mass is 35.5. The Morgan fingerprint density at radius 2 is 1.18 bits per heavy atom. The fourth-order valence-electron chi connectivity index (χ4n) is 2.31. The van der Waals surface area contributed by atoms with E-state index in [4.69, 9.17) is 23.2 Å². The Morgan fingerprint density at radius 1 is 0.706 bits per heavy atom. The molecule has 3 aromatic rings. The maximum atomic E-state index is 6.24. The third-order valence-electron chi connectivity index (χ3n) is 3.20. The quantitative estimate of drug-likeness (QED) is 0.461. The Morgan fingerprint density at radius 3 is 1.65 bits per heavy atom. The van der Waals surface area contributed by atoms with Crippen LogP contribution in [0.4, 0.5) is 0 Å². The van der Waals surface area contributed by atoms with Gasteiger partial charge in [0.05, 0.1) is 0 Å². The molecule has 0 atom stereocenters. The molecule has 3 aromatic carbocycles. The van der Waals surface area contributed by atoms with Crippen LogP contribution < -0.4 is 0 Å². The summed E-state index contributed by atoms with van der Waals surface area (Å²) in [5, 5.41) is 6.04. The van der Waals surface area contributed by atoms with Crippen LogP contribution in [-0.4, -0.2) is 0 Å². The van der Waals surface area contributed by atoms with Crippen LogP contribution in [0.15, 0.2) is 42.5 Å². The first-order chi connectivity index (χ1) is 8.18. The van der Waals surface area contributed by atoms with Crippen molar-refractivity contribution in [1.29, 1.82) is 0 Å². The second-order valence-electron chi connectivity index (χ2n) is 4.17. The highest BCUT2D eigenvalue weighted by Crippen LogP contribution is 2.34. The van der Waals surface area contributed by atoms with Crippen LogP contribution in [0.3, 0.4) is 0 Å². The van der Waals surface area contributed by atoms with Crippen molar-refractivity contribution in [2.24, 2.45) is 0 Å². The normalized spacial score (nSPS) is 11.2. The van der Waals surface area contributed by atoms with Crippen molar-refractivity contribution in [3.63, 3.8) is 0 Å². The van der Waals surface area contributed by atoms with E-state index in [0.717, 1.165) is 20.8 Å². The SMILES string of the molecule is Cc1c2cccc(Cl)c2cc2c(Cl)cccc12. The Hall–Kier alpha value is -1.24. The maximum absolute atomic E-state index is 6.24. The van der Waals surface area contributed by atoms with E-state index in [2.05, 4.69) is 25.1 Å². The second-order valence-corrected chi connectivity index (χ2v) is 4.99. The summed E-state index contributed by atoms with van der Waals surface area (Å²) in [7, 11) is 0. The van der Waals surface area contributed by atoms with Crippen molar-refractivity contribution < 1.29 is 0 Å². The van der Waals surface area contributed by atoms with Crippen LogP contribution in [0, 0.1) is 6.92 Å². The molecule has 0 heterocycles. The third-order valence-corrected chi connectivity index (χ3v) is 3.86. The molecule has 0 bridgehead atoms. The van der Waals surface area contributed by atoms with Gasteiger partial charge in [0.15, 0.2) is 0 Å². The lowest BCUT2D eigenvalue weighted by molar-refractivity contribution is 1.58. The molecule has 0 amide bonds. The van der Waals surface area contributed by atoms with Gasteiger partial charge in [-0.1, -0.05) is 47.5 Å². The van der Waals surface area contributed by atoms with E-state index in [1.54, 1.807) is 0 Å². The van der Waals surface area contributed by atoms with E-state index in [9.17, 15) is 0 Å². The predicted molar refractivity (Wildman–Crippen MR) is 76.2 cm³/mol. The molecular weight excluding hydrogens is 251 g/mol. The lowest BCUT2D eigenvalue weighted by Crippen LogP contribution is -1.84. The molecule has 0 aliphatic carbocycles. The minimum atomic E-state index is 0.771. The molecule has 0 unspecified atom stereocenters. The molecule has 0 spiro atoms. The van der Waals surface area contributed by atoms with Crippen LogP contribution in [-0.2, 0) is 0 Å². The average molecular weight is 261 g/mol. The molecule has 0 N–H and O–H groups in total. The smallest absolute Gasteiger partial charge is 0.0484 e. The third kappa shape index (κ3) is 1.60. The molecular formula is C15H10Cl2. The number of hydrogen-bond acceptors (Lipinski definition) is 0. The molecule has 0 aliphatic heterocycles. The van der Waals surface area contributed by atoms with Crippen molar-refractivity contribution >= 4 is 44.7 Å². The molecule has 0 fully saturated rings. The van der Waals surface area contributed by atoms with Gasteiger partial charge >= 0.3 is 0 Å². The minimum absolute atomic E-state index is 0.771. The summed E-state index contributed by atoms with van der Waals surface area (Å²) in [5.74, 6) is 0. The molecule has 3 rings (SSSR count). The first-order valence-corrected chi connectivity index (χ1v) is 6.20. The zero-order valence-electron chi connectivity index (χ0n) is 9.30. The summed E-state index contributed by atoms with van der Waals surface area (Å²) in [5.41, 5.74) is 1.22. The molecule has 17 heavy (non-hydrogen) atoms. The van der Waals surface area contributed by atoms with Gasteiger partial charge in [-0.25, -0.2) is 0 Å². The van der Waals surface area contributed by atoms with Gasteiger partial charge in [-0.05, 0) is 41.5 Å². The van der Waals surface area contributed by atoms with Gasteiger partial charge in [0.1, 0.15) is 0 Å². The lowest BCUT2D eigenvalue weighted by atomic mass is 9.98. The number of halogens is 2. The van der Waals surface area contributed by atoms with Crippen LogP contribution in [0.5, 0.6) is 0 Å². The molecule has 0 radical (unpaired) electrons. The average Bonchev–Trinajstić information content (AvgIpc) is 2.32. The standard InChI is InChI=1S/C15H10Cl2/c1-9-10-4-2-6-14(16)12(10)8-13-11(9)5-3-7-15(13)17/h2-8H,1H3. The van der Waals surface area contributed by atoms with Crippen LogP contribution in [0.2, 0.25) is 10.0 Å². The lowest BCUT2D eigenvalue weighted by Gasteiger charge is -2.09. The van der Waals surface area contributed by atoms with Gasteiger partial charge in [-0.3, -0.25) is 0 Å². The highest BCUT2D eigenvalue weighted by molar-refractivity contribution is 6.38. The van der Waals surface area contributed by atoms with Crippen LogP contribution in [0.25, 0.3) is 21.5 Å². The number of aryl methyl sites for hydroxylation is 1. The van der Waals surface area contributed by atoms with Crippen molar-refractivity contribution in [2.75, 3.05) is 0 Å². The summed E-state index contributed by atoms with van der Waals surface area (Å²) in [6.45, 7) is 2.11. The van der Waals surface area contributed by atoms with Gasteiger partial charge in [-0.15, -0.1) is 0 Å². The molecule has 0 saturated heterocycles. The highest BCUT2D eigenvalue weighted by Gasteiger charge is 2.07. The minimum Gasteiger partial charge on any atom is -0.0837 e. The Balaban J connectivity index is 2.62. The summed E-state index contributed by atoms with van der Waals surface area (Å²) in [4.78, 5) is 0. The van der Waals surface area contributed by atoms with Gasteiger partial charge in [-0.2, -0.15) is 0 Å². The van der Waals surface area contributed by atoms with E-state index in [0.29, 0.717) is 0 Å². The molecule has 0 nitrogen and oxygen atoms in total. The second kappa shape index (κ2) is 3.90. The number of rotatable bonds is 0. The van der Waals surface area contributed by atoms with Gasteiger partial charge in [0, 0.05) is 20.8 Å². The summed E-state index contributed by atoms with van der Waals surface area (Å²) in [6.07, 6.45) is 0. The largest absolute Gasteiger partial charge is 0.0837 e. The molecule has 0 aliphatic rings. The van der Waals surface area contributed by atoms with Crippen molar-refractivity contribution in [1.82, 2.24) is 0 Å². The van der Waals surface area contributed by atoms with Gasteiger partial charge < -0.3 is 0 Å². The molecule has 0 saturated carbocycles. The van der Waals surface area contributed by atoms with Gasteiger partial charge in [0.2, 0.25) is 0 Å². The van der Waals surface area contributed by atoms with Crippen LogP contribution >= 0.6 is 23.2 Å². The summed E-state index contributed by atoms with van der Waals surface area (Å²) in [6, 6.07) is 14.0. The first-order valence-electron chi connectivity index (χ1n) is 5.44. The zero-order chi connectivity index (χ0) is 12.0. The summed E-state index contributed by atoms with van der Waals surface area (Å²) < 4.78 is 0. The fourth-order valence-corrected chi connectivity index (χ4v) is 2.77. The van der Waals surface area contributed by atoms with E-state index in [-0.39, 0.29) is 0 Å². The van der Waals surface area contributed by atoms with Crippen LogP contribution in [0.1, 0.15) is 5.56 Å². The number of hydrogen-bond donors (Lipinski definition) is 0. The Kier molecular flexibility index (Phi) is 2.50. The fraction of sp³-hybridized carbons (Fsp3) is 0.0667. The Labute approximate surface area is 110 Å². The monoisotopic (exact) mass is 260 g/mol. The first kappa shape index (κ1) is 10.9. The number of fused-ring (bicyclic) bond motifs is 2. The topological polar surface area (TPSA) is 0 Å². The van der Waals surface area contributed by atoms with E-state index in [1.165, 1.54) is 16.3 Å². The van der Waals surface area contributed by atoms with Crippen molar-refractivity contribution in [3.8, 4) is 0 Å². The Bertz CT molecular complexity index is 670. The maximum Gasteiger partial charge on any atom is 0.0484 e.